The number of urea groups is 1. The van der Waals surface area contributed by atoms with Gasteiger partial charge in [-0.25, -0.2) is 9.78 Å². The first-order valence-corrected chi connectivity index (χ1v) is 6.63. The van der Waals surface area contributed by atoms with Crippen molar-refractivity contribution in [2.45, 2.75) is 13.3 Å². The Labute approximate surface area is 122 Å². The van der Waals surface area contributed by atoms with Crippen LogP contribution in [-0.4, -0.2) is 36.6 Å². The normalized spacial score (nSPS) is 9.90. The molecule has 0 aliphatic heterocycles. The van der Waals surface area contributed by atoms with Crippen molar-refractivity contribution in [2.75, 3.05) is 25.0 Å². The Morgan fingerprint density at radius 3 is 2.65 bits per heavy atom. The summed E-state index contributed by atoms with van der Waals surface area (Å²) in [5.41, 5.74) is 5.24. The van der Waals surface area contributed by atoms with E-state index in [0.717, 1.165) is 13.0 Å². The highest BCUT2D eigenvalue weighted by Crippen LogP contribution is 2.17. The zero-order valence-electron chi connectivity index (χ0n) is 11.2. The van der Waals surface area contributed by atoms with Crippen LogP contribution in [0.25, 0.3) is 0 Å². The summed E-state index contributed by atoms with van der Waals surface area (Å²) in [5, 5.41) is 8.35. The lowest BCUT2D eigenvalue weighted by Crippen LogP contribution is -2.37. The molecule has 3 amide bonds. The molecule has 1 aromatic heterocycles. The van der Waals surface area contributed by atoms with Gasteiger partial charge in [-0.1, -0.05) is 18.5 Å². The molecule has 0 saturated heterocycles. The molecule has 0 unspecified atom stereocenters. The lowest BCUT2D eigenvalue weighted by Gasteiger charge is -2.09. The number of anilines is 1. The van der Waals surface area contributed by atoms with Crippen molar-refractivity contribution in [3.05, 3.63) is 22.8 Å². The Balaban J connectivity index is 2.59. The van der Waals surface area contributed by atoms with Crippen LogP contribution in [-0.2, 0) is 0 Å². The molecule has 5 N–H and O–H groups in total. The van der Waals surface area contributed by atoms with E-state index >= 15 is 0 Å². The fourth-order valence-electron chi connectivity index (χ4n) is 1.42. The van der Waals surface area contributed by atoms with Gasteiger partial charge in [0, 0.05) is 25.8 Å². The van der Waals surface area contributed by atoms with Crippen molar-refractivity contribution in [1.82, 2.24) is 15.6 Å². The smallest absolute Gasteiger partial charge is 0.312 e. The van der Waals surface area contributed by atoms with Crippen molar-refractivity contribution in [3.63, 3.8) is 0 Å². The molecule has 1 rings (SSSR count). The van der Waals surface area contributed by atoms with Gasteiger partial charge < -0.3 is 21.7 Å². The molecule has 0 spiro atoms. The Hall–Kier alpha value is -2.02. The number of nitrogens with two attached hydrogens (primary N) is 1. The number of carbonyl (C=O) groups excluding carboxylic acids is 2. The number of amides is 3. The quantitative estimate of drug-likeness (QED) is 0.562. The number of hydrogen-bond acceptors (Lipinski definition) is 4. The third-order valence-corrected chi connectivity index (χ3v) is 2.67. The highest BCUT2D eigenvalue weighted by Gasteiger charge is 2.11. The second kappa shape index (κ2) is 8.21. The van der Waals surface area contributed by atoms with Crippen molar-refractivity contribution in [2.24, 2.45) is 5.73 Å². The number of rotatable bonds is 7. The summed E-state index contributed by atoms with van der Waals surface area (Å²) in [6.45, 7) is 3.31. The number of nitrogens with one attached hydrogen (secondary N) is 3. The second-order valence-corrected chi connectivity index (χ2v) is 4.43. The molecule has 0 saturated carbocycles. The standard InChI is InChI=1S/C12H18ClN5O2/c1-2-3-15-10-6-8(9(13)7-18-10)11(19)16-4-5-17-12(14)20/h6-7H,2-5H2,1H3,(H,15,18)(H,16,19)(H3,14,17,20). The number of carbonyl (C=O) groups is 2. The molecular formula is C12H18ClN5O2. The van der Waals surface area contributed by atoms with Crippen LogP contribution in [0.15, 0.2) is 12.3 Å². The van der Waals surface area contributed by atoms with Crippen LogP contribution in [0.2, 0.25) is 5.02 Å². The minimum absolute atomic E-state index is 0.255. The molecule has 8 heteroatoms. The predicted molar refractivity (Wildman–Crippen MR) is 77.9 cm³/mol. The number of halogens is 1. The van der Waals surface area contributed by atoms with Crippen molar-refractivity contribution in [1.29, 1.82) is 0 Å². The second-order valence-electron chi connectivity index (χ2n) is 4.02. The summed E-state index contributed by atoms with van der Waals surface area (Å²) in [6.07, 6.45) is 2.38. The van der Waals surface area contributed by atoms with E-state index in [4.69, 9.17) is 17.3 Å². The van der Waals surface area contributed by atoms with Crippen LogP contribution in [0, 0.1) is 0 Å². The van der Waals surface area contributed by atoms with Gasteiger partial charge in [-0.05, 0) is 12.5 Å². The number of aromatic nitrogens is 1. The minimum atomic E-state index is -0.632. The van der Waals surface area contributed by atoms with Crippen molar-refractivity contribution in [3.8, 4) is 0 Å². The van der Waals surface area contributed by atoms with Gasteiger partial charge in [0.1, 0.15) is 5.82 Å². The van der Waals surface area contributed by atoms with E-state index in [1.54, 1.807) is 6.07 Å². The maximum absolute atomic E-state index is 11.9. The maximum atomic E-state index is 11.9. The molecule has 0 fully saturated rings. The van der Waals surface area contributed by atoms with Gasteiger partial charge in [0.15, 0.2) is 0 Å². The summed E-state index contributed by atoms with van der Waals surface area (Å²) in [4.78, 5) is 26.5. The molecule has 0 atom stereocenters. The molecule has 0 radical (unpaired) electrons. The molecule has 0 aliphatic rings. The predicted octanol–water partition coefficient (Wildman–Crippen LogP) is 0.955. The van der Waals surface area contributed by atoms with Gasteiger partial charge in [0.2, 0.25) is 0 Å². The lowest BCUT2D eigenvalue weighted by atomic mass is 10.2. The Kier molecular flexibility index (Phi) is 6.58. The molecular weight excluding hydrogens is 282 g/mol. The zero-order chi connectivity index (χ0) is 15.0. The van der Waals surface area contributed by atoms with Crippen LogP contribution in [0.4, 0.5) is 10.6 Å². The van der Waals surface area contributed by atoms with E-state index in [1.165, 1.54) is 6.20 Å². The third-order valence-electron chi connectivity index (χ3n) is 2.37. The molecule has 0 aliphatic carbocycles. The van der Waals surface area contributed by atoms with Crippen LogP contribution in [0.5, 0.6) is 0 Å². The summed E-state index contributed by atoms with van der Waals surface area (Å²) in [5.74, 6) is 0.264. The summed E-state index contributed by atoms with van der Waals surface area (Å²) in [6, 6.07) is 0.960. The van der Waals surface area contributed by atoms with Crippen LogP contribution >= 0.6 is 11.6 Å². The van der Waals surface area contributed by atoms with E-state index in [2.05, 4.69) is 20.9 Å². The molecule has 0 aromatic carbocycles. The van der Waals surface area contributed by atoms with Crippen LogP contribution in [0.3, 0.4) is 0 Å². The first kappa shape index (κ1) is 16.0. The summed E-state index contributed by atoms with van der Waals surface area (Å²) < 4.78 is 0. The van der Waals surface area contributed by atoms with Gasteiger partial charge >= 0.3 is 6.03 Å². The molecule has 7 nitrogen and oxygen atoms in total. The molecule has 1 heterocycles. The highest BCUT2D eigenvalue weighted by atomic mass is 35.5. The summed E-state index contributed by atoms with van der Waals surface area (Å²) >= 11 is 5.95. The maximum Gasteiger partial charge on any atom is 0.312 e. The topological polar surface area (TPSA) is 109 Å². The first-order valence-electron chi connectivity index (χ1n) is 6.25. The fraction of sp³-hybridized carbons (Fsp3) is 0.417. The van der Waals surface area contributed by atoms with E-state index < -0.39 is 6.03 Å². The monoisotopic (exact) mass is 299 g/mol. The average Bonchev–Trinajstić information content (AvgIpc) is 2.42. The first-order chi connectivity index (χ1) is 9.54. The molecule has 110 valence electrons. The summed E-state index contributed by atoms with van der Waals surface area (Å²) in [7, 11) is 0. The van der Waals surface area contributed by atoms with E-state index in [9.17, 15) is 9.59 Å². The minimum Gasteiger partial charge on any atom is -0.370 e. The molecule has 1 aromatic rings. The van der Waals surface area contributed by atoms with Gasteiger partial charge in [0.25, 0.3) is 5.91 Å². The highest BCUT2D eigenvalue weighted by molar-refractivity contribution is 6.33. The zero-order valence-corrected chi connectivity index (χ0v) is 12.0. The van der Waals surface area contributed by atoms with Crippen molar-refractivity contribution < 1.29 is 9.59 Å². The molecule has 0 bridgehead atoms. The number of hydrogen-bond donors (Lipinski definition) is 4. The van der Waals surface area contributed by atoms with Gasteiger partial charge in [-0.15, -0.1) is 0 Å². The van der Waals surface area contributed by atoms with E-state index in [-0.39, 0.29) is 24.0 Å². The van der Waals surface area contributed by atoms with Gasteiger partial charge in [-0.2, -0.15) is 0 Å². The van der Waals surface area contributed by atoms with Gasteiger partial charge in [-0.3, -0.25) is 4.79 Å². The van der Waals surface area contributed by atoms with Crippen molar-refractivity contribution >= 4 is 29.4 Å². The number of nitrogens with zero attached hydrogens (tertiary/aromatic N) is 1. The average molecular weight is 300 g/mol. The van der Waals surface area contributed by atoms with E-state index in [0.29, 0.717) is 11.4 Å². The number of primary amides is 1. The van der Waals surface area contributed by atoms with Crippen LogP contribution < -0.4 is 21.7 Å². The SMILES string of the molecule is CCCNc1cc(C(=O)NCCNC(N)=O)c(Cl)cn1. The Bertz CT molecular complexity index is 481. The van der Waals surface area contributed by atoms with Gasteiger partial charge in [0.05, 0.1) is 10.6 Å². The molecule has 20 heavy (non-hydrogen) atoms. The fourth-order valence-corrected chi connectivity index (χ4v) is 1.61. The van der Waals surface area contributed by atoms with E-state index in [1.807, 2.05) is 6.92 Å². The Morgan fingerprint density at radius 2 is 2.00 bits per heavy atom. The number of pyridine rings is 1. The van der Waals surface area contributed by atoms with Crippen LogP contribution in [0.1, 0.15) is 23.7 Å². The largest absolute Gasteiger partial charge is 0.370 e. The third kappa shape index (κ3) is 5.31. The lowest BCUT2D eigenvalue weighted by molar-refractivity contribution is 0.0954. The Morgan fingerprint density at radius 1 is 1.30 bits per heavy atom.